The average Bonchev–Trinajstić information content (AvgIpc) is 3.40. The maximum atomic E-state index is 12.2. The van der Waals surface area contributed by atoms with Crippen LogP contribution in [0.15, 0.2) is 36.5 Å². The lowest BCUT2D eigenvalue weighted by Crippen LogP contribution is -2.22. The first-order chi connectivity index (χ1) is 12.6. The molecule has 0 saturated carbocycles. The summed E-state index contributed by atoms with van der Waals surface area (Å²) < 4.78 is 0. The van der Waals surface area contributed by atoms with Gasteiger partial charge in [0.25, 0.3) is 5.91 Å². The van der Waals surface area contributed by atoms with Crippen LogP contribution in [-0.2, 0) is 6.54 Å². The third-order valence-corrected chi connectivity index (χ3v) is 7.00. The van der Waals surface area contributed by atoms with Crippen molar-refractivity contribution in [3.8, 4) is 10.6 Å². The Kier molecular flexibility index (Phi) is 4.93. The Morgan fingerprint density at radius 1 is 1.27 bits per heavy atom. The molecule has 1 aliphatic rings. The third kappa shape index (κ3) is 3.47. The molecule has 136 valence electrons. The number of amides is 1. The molecule has 0 bridgehead atoms. The monoisotopic (exact) mass is 386 g/mol. The number of aromatic amines is 1. The molecule has 1 N–H and O–H groups in total. The van der Waals surface area contributed by atoms with Gasteiger partial charge in [0.05, 0.1) is 15.4 Å². The minimum atomic E-state index is 0.0910. The minimum absolute atomic E-state index is 0.0910. The summed E-state index contributed by atoms with van der Waals surface area (Å²) in [4.78, 5) is 21.1. The van der Waals surface area contributed by atoms with E-state index in [0.29, 0.717) is 6.04 Å². The Labute approximate surface area is 161 Å². The number of aromatic nitrogens is 2. The summed E-state index contributed by atoms with van der Waals surface area (Å²) in [6.07, 6.45) is 4.15. The van der Waals surface area contributed by atoms with Crippen molar-refractivity contribution in [2.75, 3.05) is 20.6 Å². The van der Waals surface area contributed by atoms with Gasteiger partial charge >= 0.3 is 0 Å². The van der Waals surface area contributed by atoms with E-state index in [1.54, 1.807) is 36.5 Å². The molecular weight excluding hydrogens is 364 g/mol. The first kappa shape index (κ1) is 17.5. The van der Waals surface area contributed by atoms with Crippen molar-refractivity contribution in [1.82, 2.24) is 20.0 Å². The normalized spacial score (nSPS) is 17.7. The number of thiophene rings is 2. The molecule has 0 aromatic carbocycles. The van der Waals surface area contributed by atoms with Gasteiger partial charge in [-0.15, -0.1) is 22.7 Å². The lowest BCUT2D eigenvalue weighted by molar-refractivity contribution is 0.0832. The van der Waals surface area contributed by atoms with Crippen molar-refractivity contribution >= 4 is 28.6 Å². The predicted molar refractivity (Wildman–Crippen MR) is 107 cm³/mol. The topological polar surface area (TPSA) is 52.2 Å². The van der Waals surface area contributed by atoms with Gasteiger partial charge in [-0.25, -0.2) is 0 Å². The number of carbonyl (C=O) groups excluding carboxylic acids is 1. The zero-order valence-corrected chi connectivity index (χ0v) is 16.6. The highest BCUT2D eigenvalue weighted by Crippen LogP contribution is 2.38. The predicted octanol–water partition coefficient (Wildman–Crippen LogP) is 4.24. The zero-order valence-electron chi connectivity index (χ0n) is 14.9. The van der Waals surface area contributed by atoms with E-state index in [2.05, 4.69) is 33.3 Å². The molecule has 4 rings (SSSR count). The molecule has 0 aliphatic carbocycles. The summed E-state index contributed by atoms with van der Waals surface area (Å²) in [6.45, 7) is 2.06. The number of hydrogen-bond donors (Lipinski definition) is 1. The standard InChI is InChI=1S/C19H22N4OS2/c1-22(2)19(24)18-8-7-17(26-18)15-4-3-11-23(15)12-13-5-6-16(25-13)14-9-10-20-21-14/h5-10,15H,3-4,11-12H2,1-2H3,(H,20,21)/t15-/m0/s1. The van der Waals surface area contributed by atoms with Crippen molar-refractivity contribution in [3.05, 3.63) is 51.2 Å². The summed E-state index contributed by atoms with van der Waals surface area (Å²) in [5.41, 5.74) is 1.07. The quantitative estimate of drug-likeness (QED) is 0.714. The Balaban J connectivity index is 1.48. The molecule has 5 nitrogen and oxygen atoms in total. The molecule has 4 heterocycles. The molecule has 1 saturated heterocycles. The van der Waals surface area contributed by atoms with Crippen LogP contribution < -0.4 is 0 Å². The maximum absolute atomic E-state index is 12.2. The molecule has 1 amide bonds. The van der Waals surface area contributed by atoms with Gasteiger partial charge in [0.1, 0.15) is 0 Å². The number of nitrogens with zero attached hydrogens (tertiary/aromatic N) is 3. The second-order valence-electron chi connectivity index (χ2n) is 6.77. The van der Waals surface area contributed by atoms with Gasteiger partial charge in [-0.3, -0.25) is 14.8 Å². The van der Waals surface area contributed by atoms with Crippen LogP contribution in [0.2, 0.25) is 0 Å². The minimum Gasteiger partial charge on any atom is -0.344 e. The van der Waals surface area contributed by atoms with Crippen molar-refractivity contribution in [1.29, 1.82) is 0 Å². The highest BCUT2D eigenvalue weighted by molar-refractivity contribution is 7.15. The van der Waals surface area contributed by atoms with Crippen molar-refractivity contribution in [2.24, 2.45) is 0 Å². The largest absolute Gasteiger partial charge is 0.344 e. The summed E-state index contributed by atoms with van der Waals surface area (Å²) in [6, 6.07) is 10.9. The SMILES string of the molecule is CN(C)C(=O)c1ccc([C@@H]2CCCN2Cc2ccc(-c3ccn[nH]3)s2)s1. The number of likely N-dealkylation sites (tertiary alicyclic amines) is 1. The molecular formula is C19H22N4OS2. The Bertz CT molecular complexity index is 881. The fraction of sp³-hybridized carbons (Fsp3) is 0.368. The molecule has 0 unspecified atom stereocenters. The summed E-state index contributed by atoms with van der Waals surface area (Å²) in [5.74, 6) is 0.0910. The van der Waals surface area contributed by atoms with Gasteiger partial charge in [-0.2, -0.15) is 5.10 Å². The van der Waals surface area contributed by atoms with Crippen molar-refractivity contribution in [3.63, 3.8) is 0 Å². The average molecular weight is 387 g/mol. The summed E-state index contributed by atoms with van der Waals surface area (Å²) in [5, 5.41) is 7.06. The molecule has 1 fully saturated rings. The van der Waals surface area contributed by atoms with Gasteiger partial charge in [-0.1, -0.05) is 0 Å². The van der Waals surface area contributed by atoms with Gasteiger partial charge in [-0.05, 0) is 49.7 Å². The van der Waals surface area contributed by atoms with Crippen LogP contribution in [0.3, 0.4) is 0 Å². The Morgan fingerprint density at radius 3 is 2.92 bits per heavy atom. The molecule has 0 spiro atoms. The van der Waals surface area contributed by atoms with Crippen LogP contribution in [0.4, 0.5) is 0 Å². The van der Waals surface area contributed by atoms with Crippen LogP contribution in [-0.4, -0.2) is 46.5 Å². The molecule has 7 heteroatoms. The van der Waals surface area contributed by atoms with Gasteiger partial charge in [0.2, 0.25) is 0 Å². The van der Waals surface area contributed by atoms with E-state index in [9.17, 15) is 4.79 Å². The summed E-state index contributed by atoms with van der Waals surface area (Å²) >= 11 is 3.46. The van der Waals surface area contributed by atoms with Crippen LogP contribution in [0, 0.1) is 0 Å². The molecule has 3 aromatic heterocycles. The maximum Gasteiger partial charge on any atom is 0.263 e. The second kappa shape index (κ2) is 7.34. The lowest BCUT2D eigenvalue weighted by Gasteiger charge is -2.22. The highest BCUT2D eigenvalue weighted by atomic mass is 32.1. The fourth-order valence-corrected chi connectivity index (χ4v) is 5.61. The van der Waals surface area contributed by atoms with Crippen molar-refractivity contribution in [2.45, 2.75) is 25.4 Å². The molecule has 1 atom stereocenters. The third-order valence-electron chi connectivity index (χ3n) is 4.72. The van der Waals surface area contributed by atoms with Gasteiger partial charge in [0, 0.05) is 42.6 Å². The number of rotatable bonds is 5. The van der Waals surface area contributed by atoms with Crippen LogP contribution >= 0.6 is 22.7 Å². The molecule has 26 heavy (non-hydrogen) atoms. The molecule has 1 aliphatic heterocycles. The number of nitrogens with one attached hydrogen (secondary N) is 1. The van der Waals surface area contributed by atoms with E-state index in [-0.39, 0.29) is 5.91 Å². The first-order valence-corrected chi connectivity index (χ1v) is 10.4. The molecule has 3 aromatic rings. The number of H-pyrrole nitrogens is 1. The van der Waals surface area contributed by atoms with E-state index >= 15 is 0 Å². The highest BCUT2D eigenvalue weighted by Gasteiger charge is 2.28. The van der Waals surface area contributed by atoms with E-state index in [0.717, 1.165) is 30.1 Å². The van der Waals surface area contributed by atoms with E-state index < -0.39 is 0 Å². The van der Waals surface area contributed by atoms with Crippen LogP contribution in [0.5, 0.6) is 0 Å². The Hall–Kier alpha value is -1.96. The Morgan fingerprint density at radius 2 is 2.15 bits per heavy atom. The van der Waals surface area contributed by atoms with E-state index in [1.807, 2.05) is 23.5 Å². The van der Waals surface area contributed by atoms with E-state index in [1.165, 1.54) is 21.1 Å². The second-order valence-corrected chi connectivity index (χ2v) is 9.05. The van der Waals surface area contributed by atoms with E-state index in [4.69, 9.17) is 0 Å². The fourth-order valence-electron chi connectivity index (χ4n) is 3.41. The smallest absolute Gasteiger partial charge is 0.263 e. The van der Waals surface area contributed by atoms with Gasteiger partial charge < -0.3 is 4.90 Å². The lowest BCUT2D eigenvalue weighted by atomic mass is 10.2. The number of carbonyl (C=O) groups is 1. The van der Waals surface area contributed by atoms with Crippen molar-refractivity contribution < 1.29 is 4.79 Å². The first-order valence-electron chi connectivity index (χ1n) is 8.75. The summed E-state index contributed by atoms with van der Waals surface area (Å²) in [7, 11) is 3.61. The zero-order chi connectivity index (χ0) is 18.1. The van der Waals surface area contributed by atoms with Crippen LogP contribution in [0.1, 0.15) is 38.3 Å². The number of hydrogen-bond acceptors (Lipinski definition) is 5. The van der Waals surface area contributed by atoms with Gasteiger partial charge in [0.15, 0.2) is 0 Å². The van der Waals surface area contributed by atoms with Crippen LogP contribution in [0.25, 0.3) is 10.6 Å². The molecule has 0 radical (unpaired) electrons.